The molecule has 0 bridgehead atoms. The van der Waals surface area contributed by atoms with Crippen molar-refractivity contribution in [1.82, 2.24) is 4.98 Å². The molecule has 3 nitrogen and oxygen atoms in total. The molecule has 0 aliphatic carbocycles. The summed E-state index contributed by atoms with van der Waals surface area (Å²) in [4.78, 5) is 4.37. The van der Waals surface area contributed by atoms with E-state index in [1.54, 1.807) is 13.1 Å². The SMILES string of the molecule is CC(O)c1cc(Br)ccc1Oc1cnc2ccccc2c1. The van der Waals surface area contributed by atoms with Crippen LogP contribution in [0.1, 0.15) is 18.6 Å². The zero-order valence-corrected chi connectivity index (χ0v) is 13.0. The van der Waals surface area contributed by atoms with Crippen LogP contribution in [0.3, 0.4) is 0 Å². The Kier molecular flexibility index (Phi) is 3.90. The van der Waals surface area contributed by atoms with Crippen molar-refractivity contribution in [2.75, 3.05) is 0 Å². The molecule has 0 saturated carbocycles. The molecule has 0 amide bonds. The van der Waals surface area contributed by atoms with Gasteiger partial charge in [0.2, 0.25) is 0 Å². The Labute approximate surface area is 131 Å². The molecule has 2 aromatic carbocycles. The van der Waals surface area contributed by atoms with Gasteiger partial charge in [-0.2, -0.15) is 0 Å². The summed E-state index contributed by atoms with van der Waals surface area (Å²) in [6.45, 7) is 1.72. The number of ether oxygens (including phenoxy) is 1. The van der Waals surface area contributed by atoms with Crippen LogP contribution in [0.25, 0.3) is 10.9 Å². The van der Waals surface area contributed by atoms with Crippen molar-refractivity contribution in [3.63, 3.8) is 0 Å². The summed E-state index contributed by atoms with van der Waals surface area (Å²) in [6, 6.07) is 15.4. The average Bonchev–Trinajstić information content (AvgIpc) is 2.49. The number of fused-ring (bicyclic) bond motifs is 1. The first kappa shape index (κ1) is 14.0. The lowest BCUT2D eigenvalue weighted by molar-refractivity contribution is 0.195. The predicted octanol–water partition coefficient (Wildman–Crippen LogP) is 4.84. The summed E-state index contributed by atoms with van der Waals surface area (Å²) in [5.41, 5.74) is 1.66. The van der Waals surface area contributed by atoms with Crippen LogP contribution in [-0.4, -0.2) is 10.1 Å². The van der Waals surface area contributed by atoms with Gasteiger partial charge in [0.1, 0.15) is 11.5 Å². The minimum absolute atomic E-state index is 0.606. The first-order valence-corrected chi connectivity index (χ1v) is 7.43. The van der Waals surface area contributed by atoms with Gasteiger partial charge in [-0.3, -0.25) is 4.98 Å². The second-order valence-corrected chi connectivity index (χ2v) is 5.74. The average molecular weight is 344 g/mol. The van der Waals surface area contributed by atoms with Gasteiger partial charge < -0.3 is 9.84 Å². The van der Waals surface area contributed by atoms with Gasteiger partial charge in [-0.05, 0) is 37.3 Å². The topological polar surface area (TPSA) is 42.4 Å². The third-order valence-corrected chi connectivity index (χ3v) is 3.71. The number of aliphatic hydroxyl groups is 1. The maximum atomic E-state index is 9.86. The molecule has 0 saturated heterocycles. The van der Waals surface area contributed by atoms with E-state index < -0.39 is 6.10 Å². The van der Waals surface area contributed by atoms with Crippen molar-refractivity contribution in [2.45, 2.75) is 13.0 Å². The lowest BCUT2D eigenvalue weighted by Crippen LogP contribution is -1.96. The number of pyridine rings is 1. The number of aromatic nitrogens is 1. The van der Waals surface area contributed by atoms with Crippen molar-refractivity contribution in [2.24, 2.45) is 0 Å². The summed E-state index contributed by atoms with van der Waals surface area (Å²) in [6.07, 6.45) is 1.09. The van der Waals surface area contributed by atoms with Crippen molar-refractivity contribution in [3.05, 3.63) is 64.8 Å². The number of nitrogens with zero attached hydrogens (tertiary/aromatic N) is 1. The molecule has 106 valence electrons. The third kappa shape index (κ3) is 3.06. The number of hydrogen-bond donors (Lipinski definition) is 1. The van der Waals surface area contributed by atoms with Gasteiger partial charge in [0, 0.05) is 15.4 Å². The van der Waals surface area contributed by atoms with Crippen molar-refractivity contribution >= 4 is 26.8 Å². The molecule has 3 aromatic rings. The van der Waals surface area contributed by atoms with Crippen LogP contribution in [0.15, 0.2) is 59.2 Å². The molecule has 0 radical (unpaired) electrons. The second-order valence-electron chi connectivity index (χ2n) is 4.82. The van der Waals surface area contributed by atoms with Crippen LogP contribution in [0, 0.1) is 0 Å². The molecule has 1 heterocycles. The van der Waals surface area contributed by atoms with E-state index in [9.17, 15) is 5.11 Å². The standard InChI is InChI=1S/C17H14BrNO2/c1-11(20)15-9-13(18)6-7-17(15)21-14-8-12-4-2-3-5-16(12)19-10-14/h2-11,20H,1H3. The highest BCUT2D eigenvalue weighted by molar-refractivity contribution is 9.10. The Morgan fingerprint density at radius 1 is 1.14 bits per heavy atom. The summed E-state index contributed by atoms with van der Waals surface area (Å²) >= 11 is 3.40. The molecule has 0 spiro atoms. The Bertz CT molecular complexity index is 787. The van der Waals surface area contributed by atoms with Crippen LogP contribution in [0.5, 0.6) is 11.5 Å². The zero-order valence-electron chi connectivity index (χ0n) is 11.5. The first-order chi connectivity index (χ1) is 10.1. The molecule has 0 fully saturated rings. The number of aliphatic hydroxyl groups excluding tert-OH is 1. The monoisotopic (exact) mass is 343 g/mol. The van der Waals surface area contributed by atoms with Gasteiger partial charge >= 0.3 is 0 Å². The molecular weight excluding hydrogens is 330 g/mol. The van der Waals surface area contributed by atoms with Gasteiger partial charge in [-0.1, -0.05) is 34.1 Å². The quantitative estimate of drug-likeness (QED) is 0.739. The molecule has 1 N–H and O–H groups in total. The van der Waals surface area contributed by atoms with Crippen molar-refractivity contribution in [1.29, 1.82) is 0 Å². The minimum Gasteiger partial charge on any atom is -0.455 e. The van der Waals surface area contributed by atoms with Crippen LogP contribution < -0.4 is 4.74 Å². The molecule has 4 heteroatoms. The number of hydrogen-bond acceptors (Lipinski definition) is 3. The number of benzene rings is 2. The van der Waals surface area contributed by atoms with Gasteiger partial charge in [0.15, 0.2) is 0 Å². The Morgan fingerprint density at radius 2 is 1.95 bits per heavy atom. The Hall–Kier alpha value is -1.91. The van der Waals surface area contributed by atoms with E-state index in [1.165, 1.54) is 0 Å². The van der Waals surface area contributed by atoms with Crippen LogP contribution >= 0.6 is 15.9 Å². The van der Waals surface area contributed by atoms with Gasteiger partial charge in [0.05, 0.1) is 17.8 Å². The Balaban J connectivity index is 1.98. The maximum absolute atomic E-state index is 9.86. The van der Waals surface area contributed by atoms with Crippen LogP contribution in [0.2, 0.25) is 0 Å². The largest absolute Gasteiger partial charge is 0.455 e. The molecule has 1 unspecified atom stereocenters. The van der Waals surface area contributed by atoms with E-state index >= 15 is 0 Å². The molecular formula is C17H14BrNO2. The third-order valence-electron chi connectivity index (χ3n) is 3.22. The fraction of sp³-hybridized carbons (Fsp3) is 0.118. The van der Waals surface area contributed by atoms with Crippen LogP contribution in [-0.2, 0) is 0 Å². The highest BCUT2D eigenvalue weighted by atomic mass is 79.9. The Morgan fingerprint density at radius 3 is 2.76 bits per heavy atom. The van der Waals surface area contributed by atoms with E-state index in [0.717, 1.165) is 20.9 Å². The van der Waals surface area contributed by atoms with Gasteiger partial charge in [-0.25, -0.2) is 0 Å². The fourth-order valence-electron chi connectivity index (χ4n) is 2.17. The van der Waals surface area contributed by atoms with Crippen LogP contribution in [0.4, 0.5) is 0 Å². The highest BCUT2D eigenvalue weighted by Gasteiger charge is 2.11. The van der Waals surface area contributed by atoms with E-state index in [4.69, 9.17) is 4.74 Å². The van der Waals surface area contributed by atoms with E-state index in [2.05, 4.69) is 20.9 Å². The number of rotatable bonds is 3. The molecule has 0 aliphatic heterocycles. The smallest absolute Gasteiger partial charge is 0.146 e. The fourth-order valence-corrected chi connectivity index (χ4v) is 2.55. The second kappa shape index (κ2) is 5.84. The van der Waals surface area contributed by atoms with E-state index in [-0.39, 0.29) is 0 Å². The molecule has 3 rings (SSSR count). The summed E-state index contributed by atoms with van der Waals surface area (Å²) in [5.74, 6) is 1.28. The number of para-hydroxylation sites is 1. The highest BCUT2D eigenvalue weighted by Crippen LogP contribution is 2.32. The molecule has 1 aromatic heterocycles. The first-order valence-electron chi connectivity index (χ1n) is 6.63. The zero-order chi connectivity index (χ0) is 14.8. The summed E-state index contributed by atoms with van der Waals surface area (Å²) in [5, 5.41) is 10.9. The predicted molar refractivity (Wildman–Crippen MR) is 86.6 cm³/mol. The lowest BCUT2D eigenvalue weighted by Gasteiger charge is -2.13. The molecule has 21 heavy (non-hydrogen) atoms. The normalized spacial score (nSPS) is 12.3. The minimum atomic E-state index is -0.606. The van der Waals surface area contributed by atoms with Gasteiger partial charge in [-0.15, -0.1) is 0 Å². The lowest BCUT2D eigenvalue weighted by atomic mass is 10.1. The number of halogens is 1. The van der Waals surface area contributed by atoms with Gasteiger partial charge in [0.25, 0.3) is 0 Å². The molecule has 1 atom stereocenters. The summed E-state index contributed by atoms with van der Waals surface area (Å²) < 4.78 is 6.80. The van der Waals surface area contributed by atoms with E-state index in [0.29, 0.717) is 11.5 Å². The van der Waals surface area contributed by atoms with Crippen molar-refractivity contribution < 1.29 is 9.84 Å². The summed E-state index contributed by atoms with van der Waals surface area (Å²) in [7, 11) is 0. The molecule has 0 aliphatic rings. The van der Waals surface area contributed by atoms with Crippen molar-refractivity contribution in [3.8, 4) is 11.5 Å². The maximum Gasteiger partial charge on any atom is 0.146 e. The van der Waals surface area contributed by atoms with E-state index in [1.807, 2.05) is 48.5 Å².